The highest BCUT2D eigenvalue weighted by Gasteiger charge is 2.42. The van der Waals surface area contributed by atoms with Crippen LogP contribution in [0.3, 0.4) is 0 Å². The number of fused-ring (bicyclic) bond motifs is 1. The highest BCUT2D eigenvalue weighted by molar-refractivity contribution is 5.97. The number of hydrogen-bond acceptors (Lipinski definition) is 5. The van der Waals surface area contributed by atoms with Crippen LogP contribution < -0.4 is 24.4 Å². The molecule has 7 heteroatoms. The van der Waals surface area contributed by atoms with Gasteiger partial charge in [0.1, 0.15) is 5.75 Å². The van der Waals surface area contributed by atoms with Crippen molar-refractivity contribution in [3.63, 3.8) is 0 Å². The zero-order valence-electron chi connectivity index (χ0n) is 18.9. The second-order valence-electron chi connectivity index (χ2n) is 9.01. The van der Waals surface area contributed by atoms with E-state index in [0.717, 1.165) is 37.0 Å². The minimum atomic E-state index is -0.416. The van der Waals surface area contributed by atoms with Gasteiger partial charge in [-0.15, -0.1) is 0 Å². The Morgan fingerprint density at radius 1 is 1.00 bits per heavy atom. The maximum atomic E-state index is 13.5. The van der Waals surface area contributed by atoms with E-state index in [4.69, 9.17) is 14.2 Å². The average molecular weight is 451 g/mol. The van der Waals surface area contributed by atoms with Crippen molar-refractivity contribution >= 4 is 17.5 Å². The number of carbonyl (C=O) groups excluding carboxylic acids is 2. The van der Waals surface area contributed by atoms with Gasteiger partial charge in [-0.1, -0.05) is 31.4 Å². The molecule has 2 heterocycles. The topological polar surface area (TPSA) is 77.1 Å². The summed E-state index contributed by atoms with van der Waals surface area (Å²) in [5, 5.41) is 3.29. The molecule has 1 aliphatic carbocycles. The molecule has 33 heavy (non-hydrogen) atoms. The van der Waals surface area contributed by atoms with Crippen molar-refractivity contribution in [2.24, 2.45) is 5.92 Å². The first-order chi connectivity index (χ1) is 16.1. The summed E-state index contributed by atoms with van der Waals surface area (Å²) in [5.41, 5.74) is 1.62. The minimum Gasteiger partial charge on any atom is -0.497 e. The van der Waals surface area contributed by atoms with Crippen LogP contribution in [0.25, 0.3) is 0 Å². The van der Waals surface area contributed by atoms with Gasteiger partial charge >= 0.3 is 0 Å². The third kappa shape index (κ3) is 4.36. The summed E-state index contributed by atoms with van der Waals surface area (Å²) in [6.45, 7) is 0.168. The van der Waals surface area contributed by atoms with Gasteiger partial charge in [0.05, 0.1) is 19.1 Å². The number of amides is 2. The lowest BCUT2D eigenvalue weighted by molar-refractivity contribution is -0.130. The summed E-state index contributed by atoms with van der Waals surface area (Å²) >= 11 is 0. The highest BCUT2D eigenvalue weighted by Crippen LogP contribution is 2.43. The molecule has 2 aromatic rings. The van der Waals surface area contributed by atoms with Gasteiger partial charge in [0.25, 0.3) is 0 Å². The van der Waals surface area contributed by atoms with Crippen molar-refractivity contribution in [2.45, 2.75) is 57.0 Å². The van der Waals surface area contributed by atoms with E-state index in [1.54, 1.807) is 12.0 Å². The van der Waals surface area contributed by atoms with E-state index >= 15 is 0 Å². The molecule has 1 N–H and O–H groups in total. The smallest absolute Gasteiger partial charge is 0.231 e. The van der Waals surface area contributed by atoms with Crippen molar-refractivity contribution in [1.29, 1.82) is 0 Å². The normalized spacial score (nSPS) is 22.8. The third-order valence-corrected chi connectivity index (χ3v) is 6.98. The Balaban J connectivity index is 1.50. The molecule has 0 aromatic heterocycles. The summed E-state index contributed by atoms with van der Waals surface area (Å²) in [6.07, 6.45) is 6.43. The second-order valence-corrected chi connectivity index (χ2v) is 9.01. The van der Waals surface area contributed by atoms with Crippen LogP contribution in [-0.2, 0) is 9.59 Å². The number of carbonyl (C=O) groups is 2. The molecular formula is C26H30N2O5. The largest absolute Gasteiger partial charge is 0.497 e. The summed E-state index contributed by atoms with van der Waals surface area (Å²) in [5.74, 6) is 1.69. The Bertz CT molecular complexity index is 1020. The number of rotatable bonds is 5. The maximum absolute atomic E-state index is 13.5. The fraction of sp³-hybridized carbons (Fsp3) is 0.462. The first-order valence-corrected chi connectivity index (χ1v) is 11.8. The van der Waals surface area contributed by atoms with Gasteiger partial charge in [0, 0.05) is 24.2 Å². The number of nitrogens with one attached hydrogen (secondary N) is 1. The van der Waals surface area contributed by atoms with Crippen LogP contribution in [0.1, 0.15) is 56.6 Å². The van der Waals surface area contributed by atoms with Crippen LogP contribution in [0.5, 0.6) is 17.2 Å². The number of piperidine rings is 1. The van der Waals surface area contributed by atoms with E-state index in [2.05, 4.69) is 5.32 Å². The van der Waals surface area contributed by atoms with Crippen LogP contribution in [0, 0.1) is 5.92 Å². The molecule has 7 nitrogen and oxygen atoms in total. The van der Waals surface area contributed by atoms with Gasteiger partial charge in [0.15, 0.2) is 11.5 Å². The van der Waals surface area contributed by atoms with Crippen LogP contribution in [0.2, 0.25) is 0 Å². The van der Waals surface area contributed by atoms with Crippen molar-refractivity contribution in [2.75, 3.05) is 18.8 Å². The Morgan fingerprint density at radius 2 is 1.76 bits per heavy atom. The Labute approximate surface area is 194 Å². The zero-order valence-corrected chi connectivity index (χ0v) is 18.9. The first-order valence-electron chi connectivity index (χ1n) is 11.8. The lowest BCUT2D eigenvalue weighted by Crippen LogP contribution is -2.50. The SMILES string of the molecule is COc1ccc([C@@H]2[C@@H](C(=O)NC3CCCCC3)CCC(=O)N2c2ccc3c(c2)OCO3)cc1. The number of methoxy groups -OCH3 is 1. The summed E-state index contributed by atoms with van der Waals surface area (Å²) in [4.78, 5) is 28.5. The fourth-order valence-corrected chi connectivity index (χ4v) is 5.24. The van der Waals surface area contributed by atoms with Crippen LogP contribution in [-0.4, -0.2) is 31.8 Å². The lowest BCUT2D eigenvalue weighted by Gasteiger charge is -2.41. The highest BCUT2D eigenvalue weighted by atomic mass is 16.7. The van der Waals surface area contributed by atoms with E-state index in [-0.39, 0.29) is 30.6 Å². The monoisotopic (exact) mass is 450 g/mol. The van der Waals surface area contributed by atoms with Crippen LogP contribution >= 0.6 is 0 Å². The average Bonchev–Trinajstić information content (AvgIpc) is 3.32. The number of ether oxygens (including phenoxy) is 3. The molecule has 174 valence electrons. The van der Waals surface area contributed by atoms with Gasteiger partial charge in [-0.05, 0) is 49.1 Å². The van der Waals surface area contributed by atoms with Gasteiger partial charge in [0.2, 0.25) is 18.6 Å². The molecule has 0 radical (unpaired) electrons. The molecule has 2 aliphatic heterocycles. The molecule has 0 spiro atoms. The third-order valence-electron chi connectivity index (χ3n) is 6.98. The van der Waals surface area contributed by atoms with Crippen molar-refractivity contribution in [3.8, 4) is 17.2 Å². The minimum absolute atomic E-state index is 0.00333. The van der Waals surface area contributed by atoms with Gasteiger partial charge in [-0.2, -0.15) is 0 Å². The maximum Gasteiger partial charge on any atom is 0.231 e. The van der Waals surface area contributed by atoms with Crippen molar-refractivity contribution in [3.05, 3.63) is 48.0 Å². The van der Waals surface area contributed by atoms with E-state index in [1.165, 1.54) is 6.42 Å². The molecular weight excluding hydrogens is 420 g/mol. The number of nitrogens with zero attached hydrogens (tertiary/aromatic N) is 1. The van der Waals surface area contributed by atoms with E-state index < -0.39 is 6.04 Å². The molecule has 5 rings (SSSR count). The summed E-state index contributed by atoms with van der Waals surface area (Å²) in [6, 6.07) is 13.0. The standard InChI is InChI=1S/C26H30N2O5/c1-31-20-10-7-17(8-11-20)25-21(26(30)27-18-5-3-2-4-6-18)12-14-24(29)28(25)19-9-13-22-23(15-19)33-16-32-22/h7-11,13,15,18,21,25H,2-6,12,14,16H2,1H3,(H,27,30)/t21-,25+/m0/s1. The summed E-state index contributed by atoms with van der Waals surface area (Å²) < 4.78 is 16.3. The quantitative estimate of drug-likeness (QED) is 0.733. The van der Waals surface area contributed by atoms with Gasteiger partial charge in [-0.25, -0.2) is 0 Å². The van der Waals surface area contributed by atoms with Crippen molar-refractivity contribution < 1.29 is 23.8 Å². The zero-order chi connectivity index (χ0) is 22.8. The molecule has 0 bridgehead atoms. The summed E-state index contributed by atoms with van der Waals surface area (Å²) in [7, 11) is 1.62. The fourth-order valence-electron chi connectivity index (χ4n) is 5.24. The Kier molecular flexibility index (Phi) is 6.11. The Morgan fingerprint density at radius 3 is 2.52 bits per heavy atom. The predicted octanol–water partition coefficient (Wildman–Crippen LogP) is 4.36. The molecule has 2 aromatic carbocycles. The van der Waals surface area contributed by atoms with Crippen molar-refractivity contribution in [1.82, 2.24) is 5.32 Å². The number of benzene rings is 2. The molecule has 2 amide bonds. The van der Waals surface area contributed by atoms with Gasteiger partial charge < -0.3 is 24.4 Å². The molecule has 1 saturated heterocycles. The molecule has 3 aliphatic rings. The molecule has 0 unspecified atom stereocenters. The van der Waals surface area contributed by atoms with Crippen LogP contribution in [0.4, 0.5) is 5.69 Å². The second kappa shape index (κ2) is 9.33. The lowest BCUT2D eigenvalue weighted by atomic mass is 9.82. The van der Waals surface area contributed by atoms with E-state index in [0.29, 0.717) is 30.0 Å². The molecule has 2 fully saturated rings. The molecule has 2 atom stereocenters. The Hall–Kier alpha value is -3.22. The van der Waals surface area contributed by atoms with E-state index in [9.17, 15) is 9.59 Å². The van der Waals surface area contributed by atoms with Gasteiger partial charge in [-0.3, -0.25) is 9.59 Å². The predicted molar refractivity (Wildman–Crippen MR) is 124 cm³/mol. The number of hydrogen-bond donors (Lipinski definition) is 1. The first kappa shape index (κ1) is 21.6. The van der Waals surface area contributed by atoms with E-state index in [1.807, 2.05) is 42.5 Å². The van der Waals surface area contributed by atoms with Crippen LogP contribution in [0.15, 0.2) is 42.5 Å². The number of anilines is 1. The molecule has 1 saturated carbocycles.